The van der Waals surface area contributed by atoms with Crippen LogP contribution in [0.2, 0.25) is 0 Å². The molecule has 1 aromatic rings. The van der Waals surface area contributed by atoms with Crippen LogP contribution in [-0.2, 0) is 0 Å². The normalized spacial score (nSPS) is 12.3. The predicted octanol–water partition coefficient (Wildman–Crippen LogP) is 2.29. The van der Waals surface area contributed by atoms with Gasteiger partial charge in [-0.3, -0.25) is 0 Å². The average molecular weight is 214 g/mol. The summed E-state index contributed by atoms with van der Waals surface area (Å²) in [5.41, 5.74) is 0.232. The first kappa shape index (κ1) is 11.8. The Balaban J connectivity index is 3.19. The molecule has 1 atom stereocenters. The van der Waals surface area contributed by atoms with Gasteiger partial charge >= 0.3 is 0 Å². The lowest BCUT2D eigenvalue weighted by Crippen LogP contribution is -2.01. The molecule has 0 saturated carbocycles. The van der Waals surface area contributed by atoms with Gasteiger partial charge in [-0.1, -0.05) is 6.92 Å². The van der Waals surface area contributed by atoms with Crippen molar-refractivity contribution >= 4 is 0 Å². The molecule has 84 valence electrons. The van der Waals surface area contributed by atoms with Crippen molar-refractivity contribution in [1.29, 1.82) is 0 Å². The molecule has 1 N–H and O–H groups in total. The summed E-state index contributed by atoms with van der Waals surface area (Å²) in [7, 11) is 2.91. The Kier molecular flexibility index (Phi) is 3.91. The lowest BCUT2D eigenvalue weighted by molar-refractivity contribution is 0.168. The van der Waals surface area contributed by atoms with Crippen LogP contribution in [0.5, 0.6) is 11.5 Å². The molecule has 0 bridgehead atoms. The molecule has 3 nitrogen and oxygen atoms in total. The second-order valence-corrected chi connectivity index (χ2v) is 3.15. The summed E-state index contributed by atoms with van der Waals surface area (Å²) >= 11 is 0. The van der Waals surface area contributed by atoms with Crippen molar-refractivity contribution in [3.05, 3.63) is 23.5 Å². The van der Waals surface area contributed by atoms with E-state index in [1.165, 1.54) is 26.4 Å². The topological polar surface area (TPSA) is 38.7 Å². The number of rotatable bonds is 4. The fraction of sp³-hybridized carbons (Fsp3) is 0.455. The van der Waals surface area contributed by atoms with Gasteiger partial charge in [-0.05, 0) is 12.5 Å². The van der Waals surface area contributed by atoms with Gasteiger partial charge in [0.2, 0.25) is 0 Å². The molecule has 0 spiro atoms. The van der Waals surface area contributed by atoms with Crippen molar-refractivity contribution in [2.75, 3.05) is 14.2 Å². The molecule has 0 fully saturated rings. The highest BCUT2D eigenvalue weighted by Crippen LogP contribution is 2.33. The zero-order valence-corrected chi connectivity index (χ0v) is 9.08. The lowest BCUT2D eigenvalue weighted by atomic mass is 10.1. The van der Waals surface area contributed by atoms with Gasteiger partial charge < -0.3 is 14.6 Å². The Morgan fingerprint density at radius 3 is 2.27 bits per heavy atom. The zero-order chi connectivity index (χ0) is 11.4. The van der Waals surface area contributed by atoms with Gasteiger partial charge in [-0.15, -0.1) is 0 Å². The fourth-order valence-corrected chi connectivity index (χ4v) is 1.35. The van der Waals surface area contributed by atoms with Gasteiger partial charge in [0.25, 0.3) is 0 Å². The van der Waals surface area contributed by atoms with Crippen LogP contribution in [-0.4, -0.2) is 19.3 Å². The summed E-state index contributed by atoms with van der Waals surface area (Å²) < 4.78 is 23.5. The Bertz CT molecular complexity index is 339. The maximum Gasteiger partial charge on any atom is 0.163 e. The van der Waals surface area contributed by atoms with Crippen molar-refractivity contribution in [1.82, 2.24) is 0 Å². The van der Waals surface area contributed by atoms with E-state index in [0.717, 1.165) is 0 Å². The minimum Gasteiger partial charge on any atom is -0.493 e. The van der Waals surface area contributed by atoms with E-state index in [0.29, 0.717) is 17.9 Å². The van der Waals surface area contributed by atoms with Crippen LogP contribution in [0.25, 0.3) is 0 Å². The molecule has 0 aliphatic rings. The summed E-state index contributed by atoms with van der Waals surface area (Å²) in [6, 6.07) is 2.68. The van der Waals surface area contributed by atoms with Crippen LogP contribution >= 0.6 is 0 Å². The van der Waals surface area contributed by atoms with Gasteiger partial charge in [0.05, 0.1) is 20.3 Å². The maximum atomic E-state index is 13.5. The Morgan fingerprint density at radius 2 is 1.80 bits per heavy atom. The molecule has 1 rings (SSSR count). The number of aliphatic hydroxyl groups excluding tert-OH is 1. The second kappa shape index (κ2) is 4.98. The van der Waals surface area contributed by atoms with E-state index in [1.54, 1.807) is 6.92 Å². The molecule has 0 heterocycles. The van der Waals surface area contributed by atoms with Gasteiger partial charge in [-0.25, -0.2) is 4.39 Å². The highest BCUT2D eigenvalue weighted by molar-refractivity contribution is 5.44. The number of hydrogen-bond acceptors (Lipinski definition) is 3. The molecule has 0 amide bonds. The van der Waals surface area contributed by atoms with E-state index in [1.807, 2.05) is 0 Å². The molecule has 4 heteroatoms. The summed E-state index contributed by atoms with van der Waals surface area (Å²) in [5.74, 6) is 0.255. The average Bonchev–Trinajstić information content (AvgIpc) is 2.27. The first-order valence-electron chi connectivity index (χ1n) is 4.73. The van der Waals surface area contributed by atoms with Gasteiger partial charge in [0.15, 0.2) is 11.5 Å². The number of aliphatic hydroxyl groups is 1. The summed E-state index contributed by atoms with van der Waals surface area (Å²) in [6.07, 6.45) is -0.364. The van der Waals surface area contributed by atoms with E-state index in [9.17, 15) is 9.50 Å². The molecule has 0 aliphatic carbocycles. The largest absolute Gasteiger partial charge is 0.493 e. The molecule has 1 unspecified atom stereocenters. The zero-order valence-electron chi connectivity index (χ0n) is 9.08. The summed E-state index contributed by atoms with van der Waals surface area (Å²) in [4.78, 5) is 0. The van der Waals surface area contributed by atoms with Crippen molar-refractivity contribution in [2.45, 2.75) is 19.4 Å². The quantitative estimate of drug-likeness (QED) is 0.835. The van der Waals surface area contributed by atoms with Crippen molar-refractivity contribution < 1.29 is 19.0 Å². The number of methoxy groups -OCH3 is 2. The van der Waals surface area contributed by atoms with E-state index in [4.69, 9.17) is 9.47 Å². The first-order valence-corrected chi connectivity index (χ1v) is 4.73. The number of ether oxygens (including phenoxy) is 2. The molecular formula is C11H15FO3. The number of benzene rings is 1. The standard InChI is InChI=1S/C11H15FO3/c1-4-9(13)7-5-10(14-2)11(15-3)6-8(7)12/h5-6,9,13H,4H2,1-3H3. The van der Waals surface area contributed by atoms with Crippen molar-refractivity contribution in [3.63, 3.8) is 0 Å². The molecule has 0 saturated heterocycles. The van der Waals surface area contributed by atoms with E-state index in [-0.39, 0.29) is 5.56 Å². The third kappa shape index (κ3) is 2.39. The van der Waals surface area contributed by atoms with Crippen LogP contribution in [0, 0.1) is 5.82 Å². The Morgan fingerprint density at radius 1 is 1.27 bits per heavy atom. The Labute approximate surface area is 88.4 Å². The highest BCUT2D eigenvalue weighted by atomic mass is 19.1. The van der Waals surface area contributed by atoms with Gasteiger partial charge in [0, 0.05) is 11.6 Å². The SMILES string of the molecule is CCC(O)c1cc(OC)c(OC)cc1F. The van der Waals surface area contributed by atoms with Crippen molar-refractivity contribution in [2.24, 2.45) is 0 Å². The molecule has 1 aromatic carbocycles. The molecule has 0 radical (unpaired) electrons. The fourth-order valence-electron chi connectivity index (χ4n) is 1.35. The Hall–Kier alpha value is -1.29. The predicted molar refractivity (Wildman–Crippen MR) is 54.8 cm³/mol. The third-order valence-electron chi connectivity index (χ3n) is 2.25. The van der Waals surface area contributed by atoms with Crippen LogP contribution in [0.1, 0.15) is 25.0 Å². The van der Waals surface area contributed by atoms with E-state index >= 15 is 0 Å². The minimum absolute atomic E-state index is 0.232. The summed E-state index contributed by atoms with van der Waals surface area (Å²) in [5, 5.41) is 9.56. The molecule has 0 aromatic heterocycles. The van der Waals surface area contributed by atoms with Gasteiger partial charge in [0.1, 0.15) is 5.82 Å². The van der Waals surface area contributed by atoms with Gasteiger partial charge in [-0.2, -0.15) is 0 Å². The maximum absolute atomic E-state index is 13.5. The first-order chi connectivity index (χ1) is 7.13. The van der Waals surface area contributed by atoms with Crippen LogP contribution in [0.15, 0.2) is 12.1 Å². The molecule has 0 aliphatic heterocycles. The van der Waals surface area contributed by atoms with Crippen LogP contribution in [0.4, 0.5) is 4.39 Å². The van der Waals surface area contributed by atoms with Crippen LogP contribution in [0.3, 0.4) is 0 Å². The monoisotopic (exact) mass is 214 g/mol. The van der Waals surface area contributed by atoms with Crippen LogP contribution < -0.4 is 9.47 Å². The minimum atomic E-state index is -0.815. The smallest absolute Gasteiger partial charge is 0.163 e. The third-order valence-corrected chi connectivity index (χ3v) is 2.25. The number of hydrogen-bond donors (Lipinski definition) is 1. The van der Waals surface area contributed by atoms with Crippen molar-refractivity contribution in [3.8, 4) is 11.5 Å². The van der Waals surface area contributed by atoms with E-state index < -0.39 is 11.9 Å². The summed E-state index contributed by atoms with van der Waals surface area (Å²) in [6.45, 7) is 1.78. The highest BCUT2D eigenvalue weighted by Gasteiger charge is 2.15. The lowest BCUT2D eigenvalue weighted by Gasteiger charge is -2.13. The van der Waals surface area contributed by atoms with E-state index in [2.05, 4.69) is 0 Å². The second-order valence-electron chi connectivity index (χ2n) is 3.15. The molecule has 15 heavy (non-hydrogen) atoms. The number of halogens is 1. The molecular weight excluding hydrogens is 199 g/mol.